The highest BCUT2D eigenvalue weighted by atomic mass is 32.1. The van der Waals surface area contributed by atoms with Crippen molar-refractivity contribution < 1.29 is 28.8 Å². The van der Waals surface area contributed by atoms with Gasteiger partial charge in [-0.25, -0.2) is 9.78 Å². The molecule has 1 aliphatic heterocycles. The van der Waals surface area contributed by atoms with Crippen molar-refractivity contribution in [3.8, 4) is 0 Å². The molecule has 1 unspecified atom stereocenters. The second kappa shape index (κ2) is 15.5. The lowest BCUT2D eigenvalue weighted by Crippen LogP contribution is -2.61. The molecule has 0 radical (unpaired) electrons. The molecule has 258 valence electrons. The number of carbonyl (C=O) groups is 6. The van der Waals surface area contributed by atoms with Crippen molar-refractivity contribution in [2.45, 2.75) is 117 Å². The van der Waals surface area contributed by atoms with Gasteiger partial charge < -0.3 is 26.6 Å². The molecule has 5 amide bonds. The van der Waals surface area contributed by atoms with E-state index in [0.717, 1.165) is 50.5 Å². The fraction of sp³-hybridized carbons (Fsp3) is 0.676. The van der Waals surface area contributed by atoms with Gasteiger partial charge in [0, 0.05) is 18.1 Å². The predicted octanol–water partition coefficient (Wildman–Crippen LogP) is 3.51. The van der Waals surface area contributed by atoms with Crippen LogP contribution in [0.4, 0.5) is 4.79 Å². The lowest BCUT2D eigenvalue weighted by molar-refractivity contribution is -0.143. The molecule has 1 aromatic rings. The maximum Gasteiger partial charge on any atom is 0.316 e. The maximum absolute atomic E-state index is 14.4. The largest absolute Gasteiger partial charge is 0.363 e. The van der Waals surface area contributed by atoms with Gasteiger partial charge in [-0.2, -0.15) is 0 Å². The van der Waals surface area contributed by atoms with Crippen LogP contribution in [0.15, 0.2) is 23.2 Å². The summed E-state index contributed by atoms with van der Waals surface area (Å²) in [7, 11) is 0. The Kier molecular flexibility index (Phi) is 12.0. The van der Waals surface area contributed by atoms with Crippen LogP contribution in [0.25, 0.3) is 0 Å². The number of primary amides is 1. The first-order valence-electron chi connectivity index (χ1n) is 16.8. The molecule has 1 saturated heterocycles. The number of nitrogens with two attached hydrogens (primary N) is 1. The summed E-state index contributed by atoms with van der Waals surface area (Å²) in [5.74, 6) is -3.13. The molecule has 47 heavy (non-hydrogen) atoms. The van der Waals surface area contributed by atoms with Gasteiger partial charge in [0.25, 0.3) is 5.91 Å². The van der Waals surface area contributed by atoms with Crippen LogP contribution in [0.1, 0.15) is 102 Å². The zero-order valence-electron chi connectivity index (χ0n) is 28.2. The Bertz CT molecular complexity index is 1360. The van der Waals surface area contributed by atoms with E-state index in [-0.39, 0.29) is 30.1 Å². The summed E-state index contributed by atoms with van der Waals surface area (Å²) in [6.45, 7) is 9.59. The van der Waals surface area contributed by atoms with Gasteiger partial charge in [-0.3, -0.25) is 24.0 Å². The molecule has 0 aromatic carbocycles. The Morgan fingerprint density at radius 1 is 1.02 bits per heavy atom. The normalized spacial score (nSPS) is 22.0. The quantitative estimate of drug-likeness (QED) is 0.141. The fourth-order valence-electron chi connectivity index (χ4n) is 6.78. The van der Waals surface area contributed by atoms with Crippen molar-refractivity contribution in [2.24, 2.45) is 28.9 Å². The van der Waals surface area contributed by atoms with Crippen LogP contribution < -0.4 is 21.7 Å². The van der Waals surface area contributed by atoms with E-state index in [0.29, 0.717) is 17.8 Å². The number of thiazole rings is 1. The van der Waals surface area contributed by atoms with E-state index in [4.69, 9.17) is 5.73 Å². The van der Waals surface area contributed by atoms with Gasteiger partial charge >= 0.3 is 6.03 Å². The van der Waals surface area contributed by atoms with Gasteiger partial charge in [-0.05, 0) is 62.7 Å². The van der Waals surface area contributed by atoms with E-state index >= 15 is 0 Å². The number of amides is 5. The second-order valence-electron chi connectivity index (χ2n) is 14.7. The monoisotopic (exact) mass is 670 g/mol. The standard InChI is InChI=1S/C34H50N6O6S/c1-19(2)15-21-17-24(30(44)37-23(16-20-11-12-20)26(41)29(35)43)40(18-21)32(45)28(34(3,4)5)39-33(46)38-25(22-9-7-6-8-10-22)27(42)31-36-13-14-47-31/h13-15,20-25,28H,6-12,16-18H2,1-5H3,(H2,35,43)(H,37,44)(H2,38,39,46)/t21-,23?,24+,25+,28-/m1/s1. The number of hydrogen-bond acceptors (Lipinski definition) is 8. The molecule has 2 heterocycles. The maximum atomic E-state index is 14.4. The smallest absolute Gasteiger partial charge is 0.316 e. The zero-order chi connectivity index (χ0) is 34.5. The third-order valence-electron chi connectivity index (χ3n) is 9.35. The third-order valence-corrected chi connectivity index (χ3v) is 10.1. The van der Waals surface area contributed by atoms with E-state index < -0.39 is 59.1 Å². The summed E-state index contributed by atoms with van der Waals surface area (Å²) in [6.07, 6.45) is 10.7. The van der Waals surface area contributed by atoms with Crippen molar-refractivity contribution in [3.63, 3.8) is 0 Å². The van der Waals surface area contributed by atoms with Crippen molar-refractivity contribution in [2.75, 3.05) is 6.54 Å². The molecule has 2 saturated carbocycles. The van der Waals surface area contributed by atoms with Crippen molar-refractivity contribution in [3.05, 3.63) is 28.2 Å². The molecule has 0 spiro atoms. The number of aromatic nitrogens is 1. The van der Waals surface area contributed by atoms with E-state index in [2.05, 4.69) is 20.9 Å². The van der Waals surface area contributed by atoms with E-state index in [1.807, 2.05) is 40.7 Å². The number of nitrogens with one attached hydrogen (secondary N) is 3. The van der Waals surface area contributed by atoms with Crippen LogP contribution >= 0.6 is 11.3 Å². The molecule has 13 heteroatoms. The van der Waals surface area contributed by atoms with Crippen LogP contribution in [0.3, 0.4) is 0 Å². The Balaban J connectivity index is 1.55. The van der Waals surface area contributed by atoms with Crippen molar-refractivity contribution in [1.82, 2.24) is 25.8 Å². The fourth-order valence-corrected chi connectivity index (χ4v) is 7.40. The SMILES string of the molecule is CC(C)=C[C@@H]1C[C@@H](C(=O)NC(CC2CC2)C(=O)C(N)=O)N(C(=O)[C@@H](NC(=O)N[C@H](C(=O)c2nccs2)C2CCCCC2)C(C)(C)C)C1. The number of nitrogens with zero attached hydrogens (tertiary/aromatic N) is 2. The molecule has 3 aliphatic rings. The first-order chi connectivity index (χ1) is 22.1. The molecule has 1 aromatic heterocycles. The minimum Gasteiger partial charge on any atom is -0.363 e. The minimum atomic E-state index is -1.11. The Hall–Kier alpha value is -3.61. The van der Waals surface area contributed by atoms with Gasteiger partial charge in [-0.15, -0.1) is 11.3 Å². The Morgan fingerprint density at radius 3 is 2.26 bits per heavy atom. The molecule has 0 bridgehead atoms. The minimum absolute atomic E-state index is 0.0436. The molecule has 2 aliphatic carbocycles. The highest BCUT2D eigenvalue weighted by Crippen LogP contribution is 2.35. The topological polar surface area (TPSA) is 181 Å². The number of Topliss-reactive ketones (excluding diaryl/α,β-unsaturated/α-hetero) is 2. The predicted molar refractivity (Wildman–Crippen MR) is 178 cm³/mol. The summed E-state index contributed by atoms with van der Waals surface area (Å²) in [4.78, 5) is 85.3. The molecular weight excluding hydrogens is 620 g/mol. The average Bonchev–Trinajstić information content (AvgIpc) is 3.46. The number of rotatable bonds is 13. The van der Waals surface area contributed by atoms with Crippen molar-refractivity contribution >= 4 is 46.7 Å². The van der Waals surface area contributed by atoms with Crippen LogP contribution in [0.5, 0.6) is 0 Å². The van der Waals surface area contributed by atoms with Crippen molar-refractivity contribution in [1.29, 1.82) is 0 Å². The number of likely N-dealkylation sites (tertiary alicyclic amines) is 1. The highest BCUT2D eigenvalue weighted by Gasteiger charge is 2.46. The summed E-state index contributed by atoms with van der Waals surface area (Å²) in [6, 6.07) is -4.45. The van der Waals surface area contributed by atoms with Crippen LogP contribution in [-0.4, -0.2) is 75.9 Å². The van der Waals surface area contributed by atoms with Crippen LogP contribution in [0.2, 0.25) is 0 Å². The Labute approximate surface area is 281 Å². The number of carbonyl (C=O) groups excluding carboxylic acids is 6. The Morgan fingerprint density at radius 2 is 1.70 bits per heavy atom. The highest BCUT2D eigenvalue weighted by molar-refractivity contribution is 7.11. The summed E-state index contributed by atoms with van der Waals surface area (Å²) in [5, 5.41) is 10.5. The summed E-state index contributed by atoms with van der Waals surface area (Å²) < 4.78 is 0. The summed E-state index contributed by atoms with van der Waals surface area (Å²) >= 11 is 1.23. The average molecular weight is 671 g/mol. The number of hydrogen-bond donors (Lipinski definition) is 4. The third kappa shape index (κ3) is 9.71. The van der Waals surface area contributed by atoms with Gasteiger partial charge in [0.1, 0.15) is 12.1 Å². The number of urea groups is 1. The van der Waals surface area contributed by atoms with Gasteiger partial charge in [0.05, 0.1) is 12.1 Å². The van der Waals surface area contributed by atoms with E-state index in [1.165, 1.54) is 16.2 Å². The van der Waals surface area contributed by atoms with E-state index in [9.17, 15) is 28.8 Å². The second-order valence-corrected chi connectivity index (χ2v) is 15.6. The summed E-state index contributed by atoms with van der Waals surface area (Å²) in [5.41, 5.74) is 5.56. The van der Waals surface area contributed by atoms with Gasteiger partial charge in [0.2, 0.25) is 23.4 Å². The first kappa shape index (κ1) is 36.2. The molecule has 12 nitrogen and oxygen atoms in total. The molecular formula is C34H50N6O6S. The zero-order valence-corrected chi connectivity index (χ0v) is 29.0. The lowest BCUT2D eigenvalue weighted by atomic mass is 9.82. The number of allylic oxidation sites excluding steroid dienone is 1. The van der Waals surface area contributed by atoms with Crippen LogP contribution in [0, 0.1) is 23.2 Å². The number of ketones is 2. The van der Waals surface area contributed by atoms with Gasteiger partial charge in [-0.1, -0.05) is 64.5 Å². The van der Waals surface area contributed by atoms with E-state index in [1.54, 1.807) is 11.6 Å². The molecule has 5 N–H and O–H groups in total. The molecule has 5 atom stereocenters. The molecule has 4 rings (SSSR count). The first-order valence-corrected chi connectivity index (χ1v) is 17.6. The lowest BCUT2D eigenvalue weighted by Gasteiger charge is -2.36. The van der Waals surface area contributed by atoms with Gasteiger partial charge in [0.15, 0.2) is 5.01 Å². The molecule has 3 fully saturated rings. The van der Waals surface area contributed by atoms with Crippen LogP contribution in [-0.2, 0) is 19.2 Å².